The molecular formula is C12H21IO4WY2-2. The first-order chi connectivity index (χ1) is 7.49. The van der Waals surface area contributed by atoms with Crippen LogP contribution in [0.25, 0.3) is 0 Å². The fourth-order valence-corrected chi connectivity index (χ4v) is 0.432. The summed E-state index contributed by atoms with van der Waals surface area (Å²) in [7, 11) is 0. The van der Waals surface area contributed by atoms with Crippen LogP contribution in [0.1, 0.15) is 53.4 Å². The van der Waals surface area contributed by atoms with Gasteiger partial charge in [-0.3, -0.25) is 28.6 Å². The monoisotopic (exact) mass is 718 g/mol. The summed E-state index contributed by atoms with van der Waals surface area (Å²) in [6.07, 6.45) is 4.29. The minimum Gasteiger partial charge on any atom is -0.544 e. The van der Waals surface area contributed by atoms with Crippen molar-refractivity contribution in [1.82, 2.24) is 0 Å². The molecule has 0 N–H and O–H groups in total. The molecule has 0 atom stereocenters. The zero-order valence-corrected chi connectivity index (χ0v) is 23.4. The van der Waals surface area contributed by atoms with Crippen LogP contribution < -0.4 is 0 Å². The van der Waals surface area contributed by atoms with Gasteiger partial charge in [0.15, 0.2) is 0 Å². The molecule has 0 heterocycles. The maximum atomic E-state index is 10.4. The SMILES string of the molecule is CCC.CCC(=O)CC(C)=O.I.O=[C-]C[C-]=O.[W].[Y].[Y]. The predicted octanol–water partition coefficient (Wildman–Crippen LogP) is 2.57. The molecule has 0 aliphatic carbocycles. The van der Waals surface area contributed by atoms with E-state index >= 15 is 0 Å². The minimum absolute atomic E-state index is 0. The van der Waals surface area contributed by atoms with E-state index in [4.69, 9.17) is 9.59 Å². The van der Waals surface area contributed by atoms with Crippen molar-refractivity contribution in [3.63, 3.8) is 0 Å². The van der Waals surface area contributed by atoms with Crippen molar-refractivity contribution in [3.8, 4) is 0 Å². The number of Topliss-reactive ketones (excluding diaryl/α,β-unsaturated/α-hetero) is 2. The minimum atomic E-state index is -0.222. The molecular weight excluding hydrogens is 697 g/mol. The van der Waals surface area contributed by atoms with Crippen molar-refractivity contribution in [3.05, 3.63) is 0 Å². The van der Waals surface area contributed by atoms with Gasteiger partial charge < -0.3 is 9.59 Å². The van der Waals surface area contributed by atoms with Crippen LogP contribution in [0.2, 0.25) is 0 Å². The van der Waals surface area contributed by atoms with Gasteiger partial charge in [-0.1, -0.05) is 27.2 Å². The summed E-state index contributed by atoms with van der Waals surface area (Å²) < 4.78 is 0. The first kappa shape index (κ1) is 43.2. The molecule has 0 unspecified atom stereocenters. The molecule has 0 saturated carbocycles. The molecule has 0 spiro atoms. The summed E-state index contributed by atoms with van der Waals surface area (Å²) in [5, 5.41) is 0. The third kappa shape index (κ3) is 71.3. The summed E-state index contributed by atoms with van der Waals surface area (Å²) in [6, 6.07) is 0. The van der Waals surface area contributed by atoms with Crippen molar-refractivity contribution < 1.29 is 106 Å². The number of carbonyl (C=O) groups is 2. The van der Waals surface area contributed by atoms with Crippen LogP contribution in [0.4, 0.5) is 0 Å². The first-order valence-corrected chi connectivity index (χ1v) is 5.21. The summed E-state index contributed by atoms with van der Waals surface area (Å²) in [6.45, 7) is 7.43. The Hall–Kier alpha value is 2.31. The third-order valence-electron chi connectivity index (χ3n) is 0.985. The van der Waals surface area contributed by atoms with Crippen LogP contribution in [0.5, 0.6) is 0 Å². The van der Waals surface area contributed by atoms with Gasteiger partial charge >= 0.3 is 0 Å². The van der Waals surface area contributed by atoms with Gasteiger partial charge in [0.05, 0.1) is 6.42 Å². The summed E-state index contributed by atoms with van der Waals surface area (Å²) in [4.78, 5) is 38.6. The molecule has 0 amide bonds. The second-order valence-electron chi connectivity index (χ2n) is 2.94. The average Bonchev–Trinajstić information content (AvgIpc) is 2.20. The molecule has 8 heteroatoms. The number of hydrogen-bond donors (Lipinski definition) is 0. The van der Waals surface area contributed by atoms with Gasteiger partial charge in [0.2, 0.25) is 0 Å². The largest absolute Gasteiger partial charge is 0.544 e. The van der Waals surface area contributed by atoms with Gasteiger partial charge in [0.1, 0.15) is 11.6 Å². The molecule has 0 aliphatic rings. The molecule has 114 valence electrons. The van der Waals surface area contributed by atoms with E-state index in [1.54, 1.807) is 6.92 Å². The van der Waals surface area contributed by atoms with Gasteiger partial charge in [0.25, 0.3) is 0 Å². The first-order valence-electron chi connectivity index (χ1n) is 5.21. The average molecular weight is 718 g/mol. The third-order valence-corrected chi connectivity index (χ3v) is 0.985. The Morgan fingerprint density at radius 3 is 1.30 bits per heavy atom. The van der Waals surface area contributed by atoms with Gasteiger partial charge in [-0.2, -0.15) is 0 Å². The van der Waals surface area contributed by atoms with Crippen LogP contribution in [0.15, 0.2) is 0 Å². The number of halogens is 1. The van der Waals surface area contributed by atoms with Gasteiger partial charge in [-0.15, -0.1) is 24.0 Å². The Morgan fingerprint density at radius 1 is 0.950 bits per heavy atom. The zero-order chi connectivity index (χ0) is 13.4. The topological polar surface area (TPSA) is 68.3 Å². The number of carbonyl (C=O) groups excluding carboxylic acids is 4. The molecule has 20 heavy (non-hydrogen) atoms. The van der Waals surface area contributed by atoms with E-state index in [-0.39, 0.29) is 135 Å². The van der Waals surface area contributed by atoms with Crippen molar-refractivity contribution in [2.45, 2.75) is 53.4 Å². The smallest absolute Gasteiger partial charge is 0.139 e. The predicted molar refractivity (Wildman–Crippen MR) is 78.0 cm³/mol. The van der Waals surface area contributed by atoms with Gasteiger partial charge in [0, 0.05) is 92.9 Å². The molecule has 0 fully saturated rings. The summed E-state index contributed by atoms with van der Waals surface area (Å²) >= 11 is 0. The number of rotatable bonds is 5. The van der Waals surface area contributed by atoms with Crippen molar-refractivity contribution in [2.24, 2.45) is 0 Å². The Labute approximate surface area is 204 Å². The van der Waals surface area contributed by atoms with Crippen LogP contribution >= 0.6 is 24.0 Å². The van der Waals surface area contributed by atoms with Crippen LogP contribution in [-0.4, -0.2) is 24.1 Å². The number of ketones is 2. The maximum absolute atomic E-state index is 10.4. The molecule has 0 bridgehead atoms. The van der Waals surface area contributed by atoms with Crippen LogP contribution in [-0.2, 0) is 106 Å². The van der Waals surface area contributed by atoms with E-state index in [1.807, 2.05) is 0 Å². The molecule has 0 aromatic heterocycles. The second kappa shape index (κ2) is 42.9. The van der Waals surface area contributed by atoms with Crippen LogP contribution in [0, 0.1) is 0 Å². The van der Waals surface area contributed by atoms with Crippen LogP contribution in [0.3, 0.4) is 0 Å². The molecule has 0 aromatic rings. The summed E-state index contributed by atoms with van der Waals surface area (Å²) in [5.41, 5.74) is 0. The second-order valence-corrected chi connectivity index (χ2v) is 2.94. The fourth-order valence-electron chi connectivity index (χ4n) is 0.432. The van der Waals surface area contributed by atoms with E-state index < -0.39 is 0 Å². The quantitative estimate of drug-likeness (QED) is 0.250. The van der Waals surface area contributed by atoms with Crippen molar-refractivity contribution >= 4 is 48.1 Å². The Bertz CT molecular complexity index is 212. The Morgan fingerprint density at radius 2 is 1.25 bits per heavy atom. The Balaban J connectivity index is -0.0000000252. The maximum Gasteiger partial charge on any atom is 0.139 e. The van der Waals surface area contributed by atoms with E-state index in [0.717, 1.165) is 0 Å². The van der Waals surface area contributed by atoms with Crippen molar-refractivity contribution in [1.29, 1.82) is 0 Å². The van der Waals surface area contributed by atoms with Crippen molar-refractivity contribution in [2.75, 3.05) is 0 Å². The van der Waals surface area contributed by atoms with E-state index in [9.17, 15) is 9.59 Å². The van der Waals surface area contributed by atoms with Gasteiger partial charge in [-0.05, 0) is 6.92 Å². The van der Waals surface area contributed by atoms with E-state index in [1.165, 1.54) is 25.9 Å². The molecule has 4 nitrogen and oxygen atoms in total. The molecule has 0 aliphatic heterocycles. The van der Waals surface area contributed by atoms with E-state index in [2.05, 4.69) is 13.8 Å². The fraction of sp³-hybridized carbons (Fsp3) is 0.667. The molecule has 0 aromatic carbocycles. The zero-order valence-electron chi connectivity index (χ0n) is 12.4. The molecule has 2 radical (unpaired) electrons. The molecule has 0 saturated heterocycles. The Kier molecular flexibility index (Phi) is 92.8. The summed E-state index contributed by atoms with van der Waals surface area (Å²) in [5.74, 6) is -0.0191. The van der Waals surface area contributed by atoms with E-state index in [0.29, 0.717) is 6.42 Å². The molecule has 0 rings (SSSR count). The number of hydrogen-bond acceptors (Lipinski definition) is 4. The standard InChI is InChI=1S/C6H10O2.C3H2O2.C3H8.HI.W.2Y/c1-3-6(8)4-5(2)7;4-2-1-3-5;1-3-2;;;;/h3-4H2,1-2H3;1H2;3H2,1-2H3;1H;;;/q;-2;;;;;. The van der Waals surface area contributed by atoms with Gasteiger partial charge in [-0.25, -0.2) is 0 Å². The normalized spacial score (nSPS) is 6.00.